The first-order chi connectivity index (χ1) is 9.25. The maximum Gasteiger partial charge on any atom is 0.277 e. The third kappa shape index (κ3) is 4.22. The number of nitrogens with zero attached hydrogens (tertiary/aromatic N) is 1. The van der Waals surface area contributed by atoms with Gasteiger partial charge in [-0.3, -0.25) is 4.79 Å². The summed E-state index contributed by atoms with van der Waals surface area (Å²) >= 11 is 1.58. The van der Waals surface area contributed by atoms with Crippen molar-refractivity contribution in [2.24, 2.45) is 5.10 Å². The molecule has 19 heavy (non-hydrogen) atoms. The second kappa shape index (κ2) is 6.70. The summed E-state index contributed by atoms with van der Waals surface area (Å²) in [5, 5.41) is 5.88. The lowest BCUT2D eigenvalue weighted by Crippen LogP contribution is -2.24. The average Bonchev–Trinajstić information content (AvgIpc) is 2.83. The van der Waals surface area contributed by atoms with Gasteiger partial charge in [0.1, 0.15) is 5.75 Å². The summed E-state index contributed by atoms with van der Waals surface area (Å²) in [7, 11) is 0. The molecule has 0 aliphatic rings. The van der Waals surface area contributed by atoms with Crippen molar-refractivity contribution in [3.8, 4) is 5.75 Å². The zero-order chi connectivity index (χ0) is 13.5. The second-order valence-corrected chi connectivity index (χ2v) is 4.81. The molecule has 5 heteroatoms. The Hall–Kier alpha value is -2.14. The van der Waals surface area contributed by atoms with Gasteiger partial charge in [0.2, 0.25) is 0 Å². The topological polar surface area (TPSA) is 50.7 Å². The SMILES string of the molecule is Cc1ccsc1C=NNC(=O)COc1ccccc1. The first-order valence-electron chi connectivity index (χ1n) is 5.79. The molecule has 0 unspecified atom stereocenters. The van der Waals surface area contributed by atoms with Crippen LogP contribution in [0.1, 0.15) is 10.4 Å². The highest BCUT2D eigenvalue weighted by Crippen LogP contribution is 2.12. The number of hydrogen-bond donors (Lipinski definition) is 1. The molecule has 0 aliphatic heterocycles. The summed E-state index contributed by atoms with van der Waals surface area (Å²) < 4.78 is 5.30. The largest absolute Gasteiger partial charge is 0.484 e. The van der Waals surface area contributed by atoms with Crippen molar-refractivity contribution in [3.63, 3.8) is 0 Å². The van der Waals surface area contributed by atoms with Gasteiger partial charge >= 0.3 is 0 Å². The molecule has 1 aromatic heterocycles. The maximum absolute atomic E-state index is 11.5. The summed E-state index contributed by atoms with van der Waals surface area (Å²) in [5.74, 6) is 0.380. The van der Waals surface area contributed by atoms with Gasteiger partial charge in [-0.2, -0.15) is 5.10 Å². The van der Waals surface area contributed by atoms with Crippen LogP contribution in [0.4, 0.5) is 0 Å². The van der Waals surface area contributed by atoms with Crippen LogP contribution in [-0.4, -0.2) is 18.7 Å². The molecule has 0 atom stereocenters. The van der Waals surface area contributed by atoms with E-state index < -0.39 is 0 Å². The number of aryl methyl sites for hydroxylation is 1. The minimum Gasteiger partial charge on any atom is -0.484 e. The maximum atomic E-state index is 11.5. The first kappa shape index (κ1) is 13.3. The molecule has 0 bridgehead atoms. The van der Waals surface area contributed by atoms with E-state index >= 15 is 0 Å². The Morgan fingerprint density at radius 1 is 1.37 bits per heavy atom. The number of hydrazone groups is 1. The molecule has 0 radical (unpaired) electrons. The van der Waals surface area contributed by atoms with Crippen LogP contribution in [0, 0.1) is 6.92 Å². The minimum atomic E-state index is -0.283. The molecule has 1 amide bonds. The van der Waals surface area contributed by atoms with E-state index in [0.717, 1.165) is 10.4 Å². The van der Waals surface area contributed by atoms with Gasteiger partial charge < -0.3 is 4.74 Å². The summed E-state index contributed by atoms with van der Waals surface area (Å²) in [5.41, 5.74) is 3.57. The van der Waals surface area contributed by atoms with Crippen LogP contribution in [0.2, 0.25) is 0 Å². The molecule has 98 valence electrons. The average molecular weight is 274 g/mol. The normalized spacial score (nSPS) is 10.6. The van der Waals surface area contributed by atoms with Crippen molar-refractivity contribution in [1.82, 2.24) is 5.43 Å². The van der Waals surface area contributed by atoms with E-state index in [1.807, 2.05) is 36.6 Å². The highest BCUT2D eigenvalue weighted by atomic mass is 32.1. The van der Waals surface area contributed by atoms with Gasteiger partial charge in [0, 0.05) is 4.88 Å². The van der Waals surface area contributed by atoms with Crippen LogP contribution in [0.3, 0.4) is 0 Å². The number of para-hydroxylation sites is 1. The predicted molar refractivity (Wildman–Crippen MR) is 76.7 cm³/mol. The molecule has 1 heterocycles. The van der Waals surface area contributed by atoms with Gasteiger partial charge in [0.25, 0.3) is 5.91 Å². The van der Waals surface area contributed by atoms with Crippen LogP contribution >= 0.6 is 11.3 Å². The predicted octanol–water partition coefficient (Wildman–Crippen LogP) is 2.59. The number of ether oxygens (including phenoxy) is 1. The monoisotopic (exact) mass is 274 g/mol. The van der Waals surface area contributed by atoms with E-state index in [9.17, 15) is 4.79 Å². The lowest BCUT2D eigenvalue weighted by atomic mass is 10.3. The van der Waals surface area contributed by atoms with Gasteiger partial charge in [0.05, 0.1) is 6.21 Å². The standard InChI is InChI=1S/C14H14N2O2S/c1-11-7-8-19-13(11)9-15-16-14(17)10-18-12-5-3-2-4-6-12/h2-9H,10H2,1H3,(H,16,17). The molecule has 2 rings (SSSR count). The van der Waals surface area contributed by atoms with Crippen molar-refractivity contribution in [2.45, 2.75) is 6.92 Å². The molecule has 0 aliphatic carbocycles. The number of hydrogen-bond acceptors (Lipinski definition) is 4. The number of amides is 1. The van der Waals surface area contributed by atoms with E-state index in [2.05, 4.69) is 10.5 Å². The molecule has 0 fully saturated rings. The molecule has 0 saturated carbocycles. The second-order valence-electron chi connectivity index (χ2n) is 3.86. The third-order valence-corrected chi connectivity index (χ3v) is 3.34. The third-order valence-electron chi connectivity index (χ3n) is 2.39. The molecule has 2 aromatic rings. The summed E-state index contributed by atoms with van der Waals surface area (Å²) in [6, 6.07) is 11.2. The van der Waals surface area contributed by atoms with E-state index in [-0.39, 0.29) is 12.5 Å². The Morgan fingerprint density at radius 2 is 2.16 bits per heavy atom. The molecule has 0 saturated heterocycles. The Balaban J connectivity index is 1.76. The van der Waals surface area contributed by atoms with Gasteiger partial charge in [-0.05, 0) is 36.1 Å². The van der Waals surface area contributed by atoms with E-state index in [0.29, 0.717) is 5.75 Å². The Kier molecular flexibility index (Phi) is 4.69. The zero-order valence-corrected chi connectivity index (χ0v) is 11.3. The smallest absolute Gasteiger partial charge is 0.277 e. The molecule has 0 spiro atoms. The highest BCUT2D eigenvalue weighted by molar-refractivity contribution is 7.11. The lowest BCUT2D eigenvalue weighted by molar-refractivity contribution is -0.123. The Labute approximate surface area is 115 Å². The van der Waals surface area contributed by atoms with Crippen LogP contribution in [0.5, 0.6) is 5.75 Å². The highest BCUT2D eigenvalue weighted by Gasteiger charge is 2.01. The molecular formula is C14H14N2O2S. The first-order valence-corrected chi connectivity index (χ1v) is 6.67. The number of benzene rings is 1. The summed E-state index contributed by atoms with van der Waals surface area (Å²) in [6.07, 6.45) is 1.64. The van der Waals surface area contributed by atoms with Crippen molar-refractivity contribution < 1.29 is 9.53 Å². The van der Waals surface area contributed by atoms with Crippen molar-refractivity contribution in [3.05, 3.63) is 52.2 Å². The molecule has 1 N–H and O–H groups in total. The quantitative estimate of drug-likeness (QED) is 0.673. The van der Waals surface area contributed by atoms with Crippen molar-refractivity contribution in [1.29, 1.82) is 0 Å². The van der Waals surface area contributed by atoms with Crippen LogP contribution in [-0.2, 0) is 4.79 Å². The number of thiophene rings is 1. The van der Waals surface area contributed by atoms with Crippen LogP contribution in [0.15, 0.2) is 46.9 Å². The summed E-state index contributed by atoms with van der Waals surface area (Å²) in [4.78, 5) is 12.5. The van der Waals surface area contributed by atoms with Gasteiger partial charge in [-0.25, -0.2) is 5.43 Å². The van der Waals surface area contributed by atoms with Gasteiger partial charge in [-0.1, -0.05) is 18.2 Å². The fourth-order valence-electron chi connectivity index (χ4n) is 1.38. The Morgan fingerprint density at radius 3 is 2.84 bits per heavy atom. The fraction of sp³-hybridized carbons (Fsp3) is 0.143. The number of rotatable bonds is 5. The number of carbonyl (C=O) groups is 1. The summed E-state index contributed by atoms with van der Waals surface area (Å²) in [6.45, 7) is 1.95. The number of nitrogens with one attached hydrogen (secondary N) is 1. The van der Waals surface area contributed by atoms with E-state index in [1.54, 1.807) is 29.7 Å². The molecule has 4 nitrogen and oxygen atoms in total. The van der Waals surface area contributed by atoms with Crippen molar-refractivity contribution >= 4 is 23.5 Å². The Bertz CT molecular complexity index is 564. The van der Waals surface area contributed by atoms with Gasteiger partial charge in [-0.15, -0.1) is 11.3 Å². The minimum absolute atomic E-state index is 0.0508. The van der Waals surface area contributed by atoms with E-state index in [4.69, 9.17) is 4.74 Å². The number of carbonyl (C=O) groups excluding carboxylic acids is 1. The zero-order valence-electron chi connectivity index (χ0n) is 10.5. The van der Waals surface area contributed by atoms with E-state index in [1.165, 1.54) is 0 Å². The lowest BCUT2D eigenvalue weighted by Gasteiger charge is -2.03. The van der Waals surface area contributed by atoms with Crippen molar-refractivity contribution in [2.75, 3.05) is 6.61 Å². The molecule has 1 aromatic carbocycles. The molecular weight excluding hydrogens is 260 g/mol. The van der Waals surface area contributed by atoms with Gasteiger partial charge in [0.15, 0.2) is 6.61 Å². The van der Waals surface area contributed by atoms with Crippen LogP contribution < -0.4 is 10.2 Å². The fourth-order valence-corrected chi connectivity index (χ4v) is 2.16. The van der Waals surface area contributed by atoms with Crippen LogP contribution in [0.25, 0.3) is 0 Å².